The Balaban J connectivity index is 1.39. The number of amides is 3. The number of carbonyl (C=O) groups excluding carboxylic acids is 2. The van der Waals surface area contributed by atoms with Crippen molar-refractivity contribution in [3.63, 3.8) is 0 Å². The van der Waals surface area contributed by atoms with Crippen LogP contribution in [-0.4, -0.2) is 80.9 Å². The zero-order chi connectivity index (χ0) is 18.1. The number of nitrogens with one attached hydrogen (secondary N) is 1. The Kier molecular flexibility index (Phi) is 4.31. The maximum absolute atomic E-state index is 12.8. The largest absolute Gasteiger partial charge is 0.351 e. The fourth-order valence-corrected chi connectivity index (χ4v) is 3.77. The van der Waals surface area contributed by atoms with E-state index in [1.54, 1.807) is 11.2 Å². The fraction of sp³-hybridized carbons (Fsp3) is 0.562. The Bertz CT molecular complexity index is 813. The van der Waals surface area contributed by atoms with Crippen molar-refractivity contribution < 1.29 is 9.59 Å². The predicted molar refractivity (Wildman–Crippen MR) is 94.4 cm³/mol. The third kappa shape index (κ3) is 3.02. The topological polar surface area (TPSA) is 124 Å². The Morgan fingerprint density at radius 3 is 2.65 bits per heavy atom. The molecule has 0 spiro atoms. The van der Waals surface area contributed by atoms with E-state index in [0.717, 1.165) is 24.2 Å². The highest BCUT2D eigenvalue weighted by Gasteiger charge is 2.32. The minimum atomic E-state index is -0.445. The lowest BCUT2D eigenvalue weighted by atomic mass is 9.96. The van der Waals surface area contributed by atoms with E-state index in [4.69, 9.17) is 5.73 Å². The molecule has 2 saturated heterocycles. The Hall–Kier alpha value is -2.91. The van der Waals surface area contributed by atoms with Crippen LogP contribution in [0.5, 0.6) is 0 Å². The van der Waals surface area contributed by atoms with Crippen molar-refractivity contribution in [2.45, 2.75) is 12.8 Å². The Morgan fingerprint density at radius 2 is 1.88 bits per heavy atom. The van der Waals surface area contributed by atoms with Gasteiger partial charge in [0.25, 0.3) is 0 Å². The number of aromatic nitrogens is 4. The highest BCUT2D eigenvalue weighted by Crippen LogP contribution is 2.23. The smallest absolute Gasteiger partial charge is 0.314 e. The SMILES string of the molecule is NC(=O)N1CCC[C@@H](C(=O)N2CCN(c3ncnc4nc[nH]c34)CC2)C1. The predicted octanol–water partition coefficient (Wildman–Crippen LogP) is -0.208. The molecular weight excluding hydrogens is 336 g/mol. The molecule has 0 aliphatic carbocycles. The van der Waals surface area contributed by atoms with Gasteiger partial charge in [-0.25, -0.2) is 19.7 Å². The van der Waals surface area contributed by atoms with Crippen LogP contribution in [0.25, 0.3) is 11.2 Å². The summed E-state index contributed by atoms with van der Waals surface area (Å²) in [6, 6.07) is -0.445. The molecule has 2 aromatic heterocycles. The summed E-state index contributed by atoms with van der Waals surface area (Å²) < 4.78 is 0. The number of anilines is 1. The van der Waals surface area contributed by atoms with Gasteiger partial charge in [0, 0.05) is 39.3 Å². The number of H-pyrrole nitrogens is 1. The number of piperidine rings is 1. The first kappa shape index (κ1) is 16.6. The molecule has 3 N–H and O–H groups in total. The van der Waals surface area contributed by atoms with Crippen molar-refractivity contribution in [3.05, 3.63) is 12.7 Å². The van der Waals surface area contributed by atoms with Crippen LogP contribution in [0.2, 0.25) is 0 Å². The van der Waals surface area contributed by atoms with Gasteiger partial charge < -0.3 is 25.4 Å². The molecule has 4 heterocycles. The van der Waals surface area contributed by atoms with Crippen LogP contribution in [-0.2, 0) is 4.79 Å². The summed E-state index contributed by atoms with van der Waals surface area (Å²) in [5, 5.41) is 0. The number of carbonyl (C=O) groups is 2. The third-order valence-corrected chi connectivity index (χ3v) is 5.18. The summed E-state index contributed by atoms with van der Waals surface area (Å²) in [4.78, 5) is 45.5. The molecule has 138 valence electrons. The fourth-order valence-electron chi connectivity index (χ4n) is 3.77. The van der Waals surface area contributed by atoms with Crippen LogP contribution in [0.4, 0.5) is 10.6 Å². The Labute approximate surface area is 150 Å². The van der Waals surface area contributed by atoms with Crippen LogP contribution in [0, 0.1) is 5.92 Å². The third-order valence-electron chi connectivity index (χ3n) is 5.18. The lowest BCUT2D eigenvalue weighted by molar-refractivity contribution is -0.137. The molecule has 10 heteroatoms. The molecule has 0 unspecified atom stereocenters. The number of nitrogens with zero attached hydrogens (tertiary/aromatic N) is 6. The maximum atomic E-state index is 12.8. The summed E-state index contributed by atoms with van der Waals surface area (Å²) >= 11 is 0. The van der Waals surface area contributed by atoms with Crippen molar-refractivity contribution in [1.29, 1.82) is 0 Å². The lowest BCUT2D eigenvalue weighted by Crippen LogP contribution is -2.53. The first-order chi connectivity index (χ1) is 12.6. The number of piperazine rings is 1. The van der Waals surface area contributed by atoms with Crippen LogP contribution in [0.15, 0.2) is 12.7 Å². The molecule has 0 radical (unpaired) electrons. The van der Waals surface area contributed by atoms with Gasteiger partial charge >= 0.3 is 6.03 Å². The van der Waals surface area contributed by atoms with E-state index in [1.165, 1.54) is 6.33 Å². The highest BCUT2D eigenvalue weighted by molar-refractivity contribution is 5.83. The van der Waals surface area contributed by atoms with Crippen molar-refractivity contribution >= 4 is 28.9 Å². The van der Waals surface area contributed by atoms with E-state index < -0.39 is 6.03 Å². The van der Waals surface area contributed by atoms with Crippen LogP contribution < -0.4 is 10.6 Å². The van der Waals surface area contributed by atoms with Crippen molar-refractivity contribution in [2.24, 2.45) is 11.7 Å². The average molecular weight is 358 g/mol. The zero-order valence-electron chi connectivity index (χ0n) is 14.5. The van der Waals surface area contributed by atoms with Crippen LogP contribution >= 0.6 is 0 Å². The van der Waals surface area contributed by atoms with E-state index in [9.17, 15) is 9.59 Å². The first-order valence-electron chi connectivity index (χ1n) is 8.85. The molecule has 2 aliphatic heterocycles. The number of aromatic amines is 1. The summed E-state index contributed by atoms with van der Waals surface area (Å²) in [5.74, 6) is 0.781. The average Bonchev–Trinajstić information content (AvgIpc) is 3.16. The minimum absolute atomic E-state index is 0.116. The molecule has 2 aliphatic rings. The van der Waals surface area contributed by atoms with Gasteiger partial charge in [-0.1, -0.05) is 0 Å². The second kappa shape index (κ2) is 6.77. The normalized spacial score (nSPS) is 21.2. The maximum Gasteiger partial charge on any atom is 0.314 e. The number of likely N-dealkylation sites (tertiary alicyclic amines) is 1. The molecule has 3 amide bonds. The highest BCUT2D eigenvalue weighted by atomic mass is 16.2. The molecule has 0 saturated carbocycles. The summed E-state index contributed by atoms with van der Waals surface area (Å²) in [7, 11) is 0. The van der Waals surface area contributed by atoms with Gasteiger partial charge in [-0.2, -0.15) is 0 Å². The Morgan fingerprint density at radius 1 is 1.08 bits per heavy atom. The van der Waals surface area contributed by atoms with E-state index >= 15 is 0 Å². The molecule has 10 nitrogen and oxygen atoms in total. The standard InChI is InChI=1S/C16H22N8O2/c17-16(26)24-3-1-2-11(8-24)15(25)23-6-4-22(5-7-23)14-12-13(19-9-18-12)20-10-21-14/h9-11H,1-8H2,(H2,17,26)(H,18,19,20,21)/t11-/m1/s1. The van der Waals surface area contributed by atoms with Gasteiger partial charge in [0.2, 0.25) is 5.91 Å². The van der Waals surface area contributed by atoms with E-state index in [0.29, 0.717) is 44.9 Å². The zero-order valence-corrected chi connectivity index (χ0v) is 14.5. The lowest BCUT2D eigenvalue weighted by Gasteiger charge is -2.39. The van der Waals surface area contributed by atoms with Crippen LogP contribution in [0.3, 0.4) is 0 Å². The van der Waals surface area contributed by atoms with Gasteiger partial charge in [0.15, 0.2) is 11.5 Å². The second-order valence-corrected chi connectivity index (χ2v) is 6.73. The molecule has 1 atom stereocenters. The number of hydrogen-bond acceptors (Lipinski definition) is 6. The molecular formula is C16H22N8O2. The van der Waals surface area contributed by atoms with Crippen molar-refractivity contribution in [1.82, 2.24) is 29.7 Å². The van der Waals surface area contributed by atoms with Gasteiger partial charge in [0.1, 0.15) is 11.8 Å². The summed E-state index contributed by atoms with van der Waals surface area (Å²) in [6.07, 6.45) is 4.74. The van der Waals surface area contributed by atoms with Crippen molar-refractivity contribution in [2.75, 3.05) is 44.2 Å². The number of fused-ring (bicyclic) bond motifs is 1. The molecule has 2 aromatic rings. The number of urea groups is 1. The number of nitrogens with two attached hydrogens (primary N) is 1. The van der Waals surface area contributed by atoms with Gasteiger partial charge in [-0.05, 0) is 12.8 Å². The number of primary amides is 1. The summed E-state index contributed by atoms with van der Waals surface area (Å²) in [6.45, 7) is 3.72. The number of hydrogen-bond donors (Lipinski definition) is 2. The molecule has 0 bridgehead atoms. The quantitative estimate of drug-likeness (QED) is 0.765. The first-order valence-corrected chi connectivity index (χ1v) is 8.85. The molecule has 4 rings (SSSR count). The van der Waals surface area contributed by atoms with Gasteiger partial charge in [-0.15, -0.1) is 0 Å². The monoisotopic (exact) mass is 358 g/mol. The second-order valence-electron chi connectivity index (χ2n) is 6.73. The van der Waals surface area contributed by atoms with E-state index in [-0.39, 0.29) is 11.8 Å². The van der Waals surface area contributed by atoms with Crippen molar-refractivity contribution in [3.8, 4) is 0 Å². The molecule has 2 fully saturated rings. The van der Waals surface area contributed by atoms with Gasteiger partial charge in [0.05, 0.1) is 12.2 Å². The summed E-state index contributed by atoms with van der Waals surface area (Å²) in [5.41, 5.74) is 6.82. The van der Waals surface area contributed by atoms with Gasteiger partial charge in [-0.3, -0.25) is 4.79 Å². The van der Waals surface area contributed by atoms with E-state index in [2.05, 4.69) is 24.8 Å². The molecule has 26 heavy (non-hydrogen) atoms. The van der Waals surface area contributed by atoms with E-state index in [1.807, 2.05) is 4.90 Å². The van der Waals surface area contributed by atoms with Crippen LogP contribution in [0.1, 0.15) is 12.8 Å². The molecule has 0 aromatic carbocycles. The minimum Gasteiger partial charge on any atom is -0.351 e. The number of rotatable bonds is 2. The number of imidazole rings is 1.